The summed E-state index contributed by atoms with van der Waals surface area (Å²) in [5.41, 5.74) is -0.679. The monoisotopic (exact) mass is 558 g/mol. The molecule has 212 valence electrons. The van der Waals surface area contributed by atoms with E-state index in [-0.39, 0.29) is 31.6 Å². The molecule has 3 aliphatic rings. The highest BCUT2D eigenvalue weighted by Gasteiger charge is 2.78. The van der Waals surface area contributed by atoms with Gasteiger partial charge in [-0.2, -0.15) is 0 Å². The molecule has 1 N–H and O–H groups in total. The fourth-order valence-electron chi connectivity index (χ4n) is 6.74. The summed E-state index contributed by atoms with van der Waals surface area (Å²) in [6.07, 6.45) is 6.72. The maximum atomic E-state index is 14.6. The van der Waals surface area contributed by atoms with Crippen molar-refractivity contribution in [2.45, 2.75) is 69.6 Å². The Morgan fingerprint density at radius 3 is 2.69 bits per heavy atom. The summed E-state index contributed by atoms with van der Waals surface area (Å²) in [4.78, 5) is 45.3. The number of benzene rings is 1. The highest BCUT2D eigenvalue weighted by Crippen LogP contribution is 2.63. The van der Waals surface area contributed by atoms with Crippen LogP contribution in [0.2, 0.25) is 5.02 Å². The number of aliphatic hydroxyl groups is 1. The number of hydrogen-bond donors (Lipinski definition) is 1. The van der Waals surface area contributed by atoms with Gasteiger partial charge in [-0.3, -0.25) is 14.4 Å². The Bertz CT molecular complexity index is 1120. The third-order valence-electron chi connectivity index (χ3n) is 8.42. The second kappa shape index (κ2) is 11.8. The average molecular weight is 559 g/mol. The minimum absolute atomic E-state index is 0.0574. The number of ether oxygens (including phenoxy) is 2. The summed E-state index contributed by atoms with van der Waals surface area (Å²) >= 11 is 6.60. The number of esters is 1. The van der Waals surface area contributed by atoms with E-state index in [0.717, 1.165) is 5.56 Å². The van der Waals surface area contributed by atoms with E-state index >= 15 is 0 Å². The van der Waals surface area contributed by atoms with Crippen molar-refractivity contribution in [2.75, 3.05) is 31.2 Å². The standard InChI is InChI=1S/C30H39ClN2O6/c1-5-7-19-38-28(37)23-22-26(35)33(17-9-8-10-18-34)25(30(22)15-14-29(23,4)39-30)27(36)32(16-6-2)24-20(3)12-11-13-21(24)31/h5-6,11-13,22-23,25,34H,1-2,7-10,14-19H2,3-4H3/t22-,23+,25?,29-,30?/m0/s1. The van der Waals surface area contributed by atoms with E-state index in [0.29, 0.717) is 55.8 Å². The third-order valence-corrected chi connectivity index (χ3v) is 8.73. The first kappa shape index (κ1) is 29.3. The third kappa shape index (κ3) is 5.03. The zero-order valence-corrected chi connectivity index (χ0v) is 23.6. The van der Waals surface area contributed by atoms with Gasteiger partial charge in [-0.25, -0.2) is 0 Å². The fraction of sp³-hybridized carbons (Fsp3) is 0.567. The summed E-state index contributed by atoms with van der Waals surface area (Å²) in [5, 5.41) is 9.67. The Morgan fingerprint density at radius 1 is 1.26 bits per heavy atom. The predicted octanol–water partition coefficient (Wildman–Crippen LogP) is 4.21. The number of likely N-dealkylation sites (tertiary alicyclic amines) is 1. The van der Waals surface area contributed by atoms with Crippen LogP contribution in [0.4, 0.5) is 5.69 Å². The number of amides is 2. The number of halogens is 1. The van der Waals surface area contributed by atoms with Gasteiger partial charge in [0.1, 0.15) is 17.6 Å². The normalized spacial score (nSPS) is 28.9. The van der Waals surface area contributed by atoms with Crippen LogP contribution in [0.15, 0.2) is 43.5 Å². The number of carbonyl (C=O) groups excluding carboxylic acids is 3. The van der Waals surface area contributed by atoms with E-state index in [4.69, 9.17) is 21.1 Å². The molecule has 2 unspecified atom stereocenters. The highest BCUT2D eigenvalue weighted by molar-refractivity contribution is 6.34. The molecule has 39 heavy (non-hydrogen) atoms. The molecule has 5 atom stereocenters. The molecular formula is C30H39ClN2O6. The molecule has 0 aromatic heterocycles. The van der Waals surface area contributed by atoms with Crippen molar-refractivity contribution in [2.24, 2.45) is 11.8 Å². The van der Waals surface area contributed by atoms with Crippen LogP contribution < -0.4 is 4.90 Å². The first-order valence-electron chi connectivity index (χ1n) is 13.7. The second-order valence-electron chi connectivity index (χ2n) is 10.9. The molecule has 0 radical (unpaired) electrons. The average Bonchev–Trinajstić information content (AvgIpc) is 3.46. The lowest BCUT2D eigenvalue weighted by molar-refractivity contribution is -0.159. The topological polar surface area (TPSA) is 96.4 Å². The summed E-state index contributed by atoms with van der Waals surface area (Å²) < 4.78 is 12.2. The van der Waals surface area contributed by atoms with Gasteiger partial charge < -0.3 is 24.4 Å². The number of nitrogens with zero attached hydrogens (tertiary/aromatic N) is 2. The molecule has 3 heterocycles. The van der Waals surface area contributed by atoms with Gasteiger partial charge in [0, 0.05) is 19.7 Å². The molecule has 3 saturated heterocycles. The number of anilines is 1. The Hall–Kier alpha value is -2.68. The molecule has 4 rings (SSSR count). The number of unbranched alkanes of at least 4 members (excludes halogenated alkanes) is 2. The molecule has 0 aliphatic carbocycles. The number of carbonyl (C=O) groups is 3. The van der Waals surface area contributed by atoms with E-state index in [1.807, 2.05) is 26.0 Å². The van der Waals surface area contributed by atoms with E-state index in [1.165, 1.54) is 0 Å². The fourth-order valence-corrected chi connectivity index (χ4v) is 7.06. The van der Waals surface area contributed by atoms with Crippen molar-refractivity contribution >= 4 is 35.1 Å². The lowest BCUT2D eigenvalue weighted by Crippen LogP contribution is -2.56. The van der Waals surface area contributed by atoms with E-state index in [9.17, 15) is 19.5 Å². The molecule has 1 aromatic carbocycles. The van der Waals surface area contributed by atoms with Gasteiger partial charge in [-0.05, 0) is 64.0 Å². The summed E-state index contributed by atoms with van der Waals surface area (Å²) in [7, 11) is 0. The molecule has 3 aliphatic heterocycles. The van der Waals surface area contributed by atoms with E-state index < -0.39 is 35.0 Å². The zero-order chi connectivity index (χ0) is 28.4. The SMILES string of the molecule is C=CCCOC(=O)[C@H]1[C@H]2C(=O)N(CCCCCO)C(C(=O)N(CC=C)c3c(C)cccc3Cl)C23CC[C@]1(C)O3. The second-order valence-corrected chi connectivity index (χ2v) is 11.3. The van der Waals surface area contributed by atoms with Crippen LogP contribution in [-0.4, -0.2) is 71.3 Å². The predicted molar refractivity (Wildman–Crippen MR) is 149 cm³/mol. The van der Waals surface area contributed by atoms with Gasteiger partial charge in [0.25, 0.3) is 5.91 Å². The largest absolute Gasteiger partial charge is 0.465 e. The van der Waals surface area contributed by atoms with Crippen LogP contribution in [0.25, 0.3) is 0 Å². The van der Waals surface area contributed by atoms with E-state index in [2.05, 4.69) is 13.2 Å². The van der Waals surface area contributed by atoms with Crippen molar-refractivity contribution in [1.29, 1.82) is 0 Å². The maximum Gasteiger partial charge on any atom is 0.312 e. The first-order chi connectivity index (χ1) is 18.7. The van der Waals surface area contributed by atoms with Crippen LogP contribution >= 0.6 is 11.6 Å². The summed E-state index contributed by atoms with van der Waals surface area (Å²) in [6, 6.07) is 4.50. The Kier molecular flexibility index (Phi) is 8.88. The first-order valence-corrected chi connectivity index (χ1v) is 14.1. The maximum absolute atomic E-state index is 14.6. The Labute approximate surface area is 235 Å². The number of rotatable bonds is 13. The highest BCUT2D eigenvalue weighted by atomic mass is 35.5. The number of aryl methyl sites for hydroxylation is 1. The van der Waals surface area contributed by atoms with Gasteiger partial charge >= 0.3 is 5.97 Å². The smallest absolute Gasteiger partial charge is 0.312 e. The molecule has 2 bridgehead atoms. The molecule has 3 fully saturated rings. The molecule has 8 nitrogen and oxygen atoms in total. The molecular weight excluding hydrogens is 520 g/mol. The van der Waals surface area contributed by atoms with Crippen molar-refractivity contribution in [3.63, 3.8) is 0 Å². The van der Waals surface area contributed by atoms with Gasteiger partial charge in [0.05, 0.1) is 28.8 Å². The lowest BCUT2D eigenvalue weighted by atomic mass is 9.66. The number of para-hydroxylation sites is 1. The van der Waals surface area contributed by atoms with Crippen LogP contribution in [0.5, 0.6) is 0 Å². The van der Waals surface area contributed by atoms with Crippen LogP contribution in [0.3, 0.4) is 0 Å². The van der Waals surface area contributed by atoms with Crippen molar-refractivity contribution in [3.05, 3.63) is 54.1 Å². The Morgan fingerprint density at radius 2 is 2.03 bits per heavy atom. The lowest BCUT2D eigenvalue weighted by Gasteiger charge is -2.37. The van der Waals surface area contributed by atoms with Gasteiger partial charge in [0.2, 0.25) is 5.91 Å². The molecule has 2 amide bonds. The summed E-state index contributed by atoms with van der Waals surface area (Å²) in [6.45, 7) is 12.0. The molecule has 9 heteroatoms. The number of aliphatic hydroxyl groups excluding tert-OH is 1. The number of hydrogen-bond acceptors (Lipinski definition) is 6. The minimum Gasteiger partial charge on any atom is -0.465 e. The van der Waals surface area contributed by atoms with Crippen molar-refractivity contribution in [1.82, 2.24) is 4.90 Å². The Balaban J connectivity index is 1.76. The van der Waals surface area contributed by atoms with Gasteiger partial charge in [-0.1, -0.05) is 35.9 Å². The molecule has 0 saturated carbocycles. The summed E-state index contributed by atoms with van der Waals surface area (Å²) in [5.74, 6) is -2.68. The number of fused-ring (bicyclic) bond motifs is 1. The van der Waals surface area contributed by atoms with Crippen LogP contribution in [0.1, 0.15) is 51.0 Å². The molecule has 1 spiro atoms. The van der Waals surface area contributed by atoms with Gasteiger partial charge in [0.15, 0.2) is 0 Å². The van der Waals surface area contributed by atoms with Crippen LogP contribution in [-0.2, 0) is 23.9 Å². The minimum atomic E-state index is -1.16. The quantitative estimate of drug-likeness (QED) is 0.221. The molecule has 1 aromatic rings. The van der Waals surface area contributed by atoms with Crippen molar-refractivity contribution in [3.8, 4) is 0 Å². The van der Waals surface area contributed by atoms with Gasteiger partial charge in [-0.15, -0.1) is 13.2 Å². The van der Waals surface area contributed by atoms with Crippen LogP contribution in [0, 0.1) is 18.8 Å². The van der Waals surface area contributed by atoms with E-state index in [1.54, 1.807) is 28.0 Å². The van der Waals surface area contributed by atoms with Crippen molar-refractivity contribution < 1.29 is 29.0 Å². The zero-order valence-electron chi connectivity index (χ0n) is 22.9.